The molecule has 0 aliphatic rings. The number of amides is 2. The van der Waals surface area contributed by atoms with E-state index in [4.69, 9.17) is 11.6 Å². The minimum Gasteiger partial charge on any atom is -0.345 e. The summed E-state index contributed by atoms with van der Waals surface area (Å²) < 4.78 is 0. The number of carbonyl (C=O) groups excluding carboxylic acids is 2. The lowest BCUT2D eigenvalue weighted by Crippen LogP contribution is -2.32. The normalized spacial score (nSPS) is 12.0. The molecule has 1 unspecified atom stereocenters. The number of hydrogen-bond acceptors (Lipinski definition) is 2. The van der Waals surface area contributed by atoms with Gasteiger partial charge in [0.1, 0.15) is 0 Å². The molecule has 0 spiro atoms. The summed E-state index contributed by atoms with van der Waals surface area (Å²) in [6.07, 6.45) is 0.101. The predicted molar refractivity (Wildman–Crippen MR) is 136 cm³/mol. The molecule has 172 valence electrons. The Kier molecular flexibility index (Phi) is 8.29. The first-order valence-electron chi connectivity index (χ1n) is 11.3. The number of para-hydroxylation sites is 1. The van der Waals surface area contributed by atoms with Crippen molar-refractivity contribution in [2.75, 3.05) is 5.32 Å². The van der Waals surface area contributed by atoms with E-state index in [1.807, 2.05) is 36.4 Å². The second kappa shape index (κ2) is 11.2. The molecule has 3 aromatic carbocycles. The maximum atomic E-state index is 13.2. The van der Waals surface area contributed by atoms with Gasteiger partial charge in [0.2, 0.25) is 5.91 Å². The van der Waals surface area contributed by atoms with Gasteiger partial charge in [-0.3, -0.25) is 9.59 Å². The van der Waals surface area contributed by atoms with Crippen LogP contribution < -0.4 is 10.6 Å². The monoisotopic (exact) mass is 462 g/mol. The fourth-order valence-corrected chi connectivity index (χ4v) is 4.11. The molecule has 3 aromatic rings. The van der Waals surface area contributed by atoms with E-state index in [9.17, 15) is 9.59 Å². The summed E-state index contributed by atoms with van der Waals surface area (Å²) >= 11 is 6.22. The smallest absolute Gasteiger partial charge is 0.253 e. The SMILES string of the molecule is CC(C)c1cccc(C(C)C)c1NC(=O)CC(NC(=O)c1ccccc1Cl)c1ccccc1. The van der Waals surface area contributed by atoms with E-state index in [0.717, 1.165) is 22.4 Å². The van der Waals surface area contributed by atoms with Crippen LogP contribution in [-0.2, 0) is 4.79 Å². The molecule has 3 rings (SSSR count). The summed E-state index contributed by atoms with van der Waals surface area (Å²) in [5.74, 6) is 0.0682. The second-order valence-corrected chi connectivity index (χ2v) is 9.20. The van der Waals surface area contributed by atoms with E-state index in [1.54, 1.807) is 24.3 Å². The van der Waals surface area contributed by atoms with Gasteiger partial charge in [0.15, 0.2) is 0 Å². The molecule has 0 aliphatic carbocycles. The number of benzene rings is 3. The van der Waals surface area contributed by atoms with Crippen LogP contribution in [0.5, 0.6) is 0 Å². The molecule has 0 aliphatic heterocycles. The molecule has 0 aromatic heterocycles. The van der Waals surface area contributed by atoms with Crippen LogP contribution in [0, 0.1) is 0 Å². The van der Waals surface area contributed by atoms with E-state index >= 15 is 0 Å². The number of nitrogens with one attached hydrogen (secondary N) is 2. The third-order valence-electron chi connectivity index (χ3n) is 5.65. The van der Waals surface area contributed by atoms with Crippen LogP contribution in [0.3, 0.4) is 0 Å². The molecule has 2 N–H and O–H groups in total. The van der Waals surface area contributed by atoms with Crippen molar-refractivity contribution < 1.29 is 9.59 Å². The van der Waals surface area contributed by atoms with Gasteiger partial charge in [0, 0.05) is 5.69 Å². The lowest BCUT2D eigenvalue weighted by molar-refractivity contribution is -0.116. The second-order valence-electron chi connectivity index (χ2n) is 8.79. The van der Waals surface area contributed by atoms with Crippen molar-refractivity contribution in [3.05, 3.63) is 100 Å². The number of carbonyl (C=O) groups is 2. The van der Waals surface area contributed by atoms with Crippen LogP contribution in [0.2, 0.25) is 5.02 Å². The molecule has 0 fully saturated rings. The minimum absolute atomic E-state index is 0.101. The Balaban J connectivity index is 1.86. The van der Waals surface area contributed by atoms with Crippen molar-refractivity contribution in [3.63, 3.8) is 0 Å². The molecule has 0 saturated carbocycles. The average molecular weight is 463 g/mol. The molecule has 2 amide bonds. The van der Waals surface area contributed by atoms with Gasteiger partial charge in [-0.1, -0.05) is 100.0 Å². The van der Waals surface area contributed by atoms with Crippen LogP contribution in [0.25, 0.3) is 0 Å². The zero-order valence-corrected chi connectivity index (χ0v) is 20.3. The van der Waals surface area contributed by atoms with Crippen LogP contribution in [0.1, 0.15) is 79.0 Å². The van der Waals surface area contributed by atoms with E-state index in [2.05, 4.69) is 50.5 Å². The standard InChI is InChI=1S/C28H31ClN2O2/c1-18(2)21-14-10-15-22(19(3)4)27(21)31-26(32)17-25(20-11-6-5-7-12-20)30-28(33)23-13-8-9-16-24(23)29/h5-16,18-19,25H,17H2,1-4H3,(H,30,33)(H,31,32). The van der Waals surface area contributed by atoms with Crippen LogP contribution in [0.15, 0.2) is 72.8 Å². The first-order valence-corrected chi connectivity index (χ1v) is 11.7. The Hall–Kier alpha value is -3.11. The van der Waals surface area contributed by atoms with Crippen LogP contribution >= 0.6 is 11.6 Å². The Bertz CT molecular complexity index is 1080. The molecule has 5 heteroatoms. The molecule has 0 saturated heterocycles. The fourth-order valence-electron chi connectivity index (χ4n) is 3.89. The van der Waals surface area contributed by atoms with Gasteiger partial charge >= 0.3 is 0 Å². The molecular weight excluding hydrogens is 432 g/mol. The van der Waals surface area contributed by atoms with Gasteiger partial charge < -0.3 is 10.6 Å². The minimum atomic E-state index is -0.497. The Labute approximate surface area is 201 Å². The lowest BCUT2D eigenvalue weighted by atomic mass is 9.92. The van der Waals surface area contributed by atoms with Crippen molar-refractivity contribution in [3.8, 4) is 0 Å². The lowest BCUT2D eigenvalue weighted by Gasteiger charge is -2.23. The topological polar surface area (TPSA) is 58.2 Å². The molecule has 0 bridgehead atoms. The fraction of sp³-hybridized carbons (Fsp3) is 0.286. The largest absolute Gasteiger partial charge is 0.345 e. The quantitative estimate of drug-likeness (QED) is 0.375. The summed E-state index contributed by atoms with van der Waals surface area (Å²) in [6, 6.07) is 22.1. The molecule has 33 heavy (non-hydrogen) atoms. The number of hydrogen-bond donors (Lipinski definition) is 2. The highest BCUT2D eigenvalue weighted by molar-refractivity contribution is 6.33. The summed E-state index contributed by atoms with van der Waals surface area (Å²) in [5.41, 5.74) is 4.32. The van der Waals surface area contributed by atoms with E-state index in [1.165, 1.54) is 0 Å². The maximum absolute atomic E-state index is 13.2. The van der Waals surface area contributed by atoms with Crippen molar-refractivity contribution in [2.45, 2.75) is 52.0 Å². The van der Waals surface area contributed by atoms with Crippen LogP contribution in [0.4, 0.5) is 5.69 Å². The van der Waals surface area contributed by atoms with Gasteiger partial charge in [-0.2, -0.15) is 0 Å². The van der Waals surface area contributed by atoms with Crippen LogP contribution in [-0.4, -0.2) is 11.8 Å². The first kappa shape index (κ1) is 24.5. The van der Waals surface area contributed by atoms with Gasteiger partial charge in [0.05, 0.1) is 23.0 Å². The molecule has 1 atom stereocenters. The Morgan fingerprint density at radius 3 is 1.94 bits per heavy atom. The highest BCUT2D eigenvalue weighted by Crippen LogP contribution is 2.33. The van der Waals surface area contributed by atoms with E-state index in [0.29, 0.717) is 10.6 Å². The molecular formula is C28H31ClN2O2. The van der Waals surface area contributed by atoms with E-state index < -0.39 is 6.04 Å². The Morgan fingerprint density at radius 2 is 1.36 bits per heavy atom. The first-order chi connectivity index (χ1) is 15.8. The highest BCUT2D eigenvalue weighted by Gasteiger charge is 2.22. The maximum Gasteiger partial charge on any atom is 0.253 e. The number of rotatable bonds is 8. The highest BCUT2D eigenvalue weighted by atomic mass is 35.5. The third-order valence-corrected chi connectivity index (χ3v) is 5.98. The predicted octanol–water partition coefficient (Wildman–Crippen LogP) is 7.09. The van der Waals surface area contributed by atoms with Crippen molar-refractivity contribution in [1.29, 1.82) is 0 Å². The van der Waals surface area contributed by atoms with Crippen molar-refractivity contribution in [1.82, 2.24) is 5.32 Å². The number of halogens is 1. The van der Waals surface area contributed by atoms with Crippen molar-refractivity contribution >= 4 is 29.1 Å². The van der Waals surface area contributed by atoms with Gasteiger partial charge in [-0.15, -0.1) is 0 Å². The van der Waals surface area contributed by atoms with E-state index in [-0.39, 0.29) is 30.1 Å². The molecule has 0 heterocycles. The van der Waals surface area contributed by atoms with Gasteiger partial charge in [-0.25, -0.2) is 0 Å². The summed E-state index contributed by atoms with van der Waals surface area (Å²) in [6.45, 7) is 8.47. The zero-order valence-electron chi connectivity index (χ0n) is 19.6. The summed E-state index contributed by atoms with van der Waals surface area (Å²) in [5, 5.41) is 6.52. The molecule has 0 radical (unpaired) electrons. The summed E-state index contributed by atoms with van der Waals surface area (Å²) in [7, 11) is 0. The number of anilines is 1. The summed E-state index contributed by atoms with van der Waals surface area (Å²) in [4.78, 5) is 26.2. The van der Waals surface area contributed by atoms with Gasteiger partial charge in [0.25, 0.3) is 5.91 Å². The van der Waals surface area contributed by atoms with Crippen molar-refractivity contribution in [2.24, 2.45) is 0 Å². The molecule has 4 nitrogen and oxygen atoms in total. The third kappa shape index (κ3) is 6.23. The Morgan fingerprint density at radius 1 is 0.788 bits per heavy atom. The average Bonchev–Trinajstić information content (AvgIpc) is 2.79. The zero-order chi connectivity index (χ0) is 24.0. The van der Waals surface area contributed by atoms with Gasteiger partial charge in [-0.05, 0) is 40.7 Å².